The first kappa shape index (κ1) is 8.09. The summed E-state index contributed by atoms with van der Waals surface area (Å²) in [6.45, 7) is 2.42. The van der Waals surface area contributed by atoms with E-state index < -0.39 is 0 Å². The van der Waals surface area contributed by atoms with Gasteiger partial charge in [0, 0.05) is 5.56 Å². The first-order chi connectivity index (χ1) is 6.22. The molecule has 1 heterocycles. The molecule has 0 aromatic heterocycles. The summed E-state index contributed by atoms with van der Waals surface area (Å²) in [6, 6.07) is 5.75. The van der Waals surface area contributed by atoms with Gasteiger partial charge in [0.05, 0.1) is 17.7 Å². The highest BCUT2D eigenvalue weighted by Crippen LogP contribution is 2.34. The number of rotatable bonds is 0. The number of benzene rings is 1. The fraction of sp³-hybridized carbons (Fsp3) is 0.300. The van der Waals surface area contributed by atoms with Crippen LogP contribution in [-0.2, 0) is 0 Å². The minimum Gasteiger partial charge on any atom is -0.491 e. The summed E-state index contributed by atoms with van der Waals surface area (Å²) in [6.07, 6.45) is 0. The lowest BCUT2D eigenvalue weighted by Crippen LogP contribution is -2.11. The van der Waals surface area contributed by atoms with Crippen LogP contribution in [0.4, 0.5) is 0 Å². The van der Waals surface area contributed by atoms with Gasteiger partial charge in [0.1, 0.15) is 12.4 Å². The molecule has 1 aromatic rings. The van der Waals surface area contributed by atoms with Crippen molar-refractivity contribution in [3.05, 3.63) is 28.8 Å². The van der Waals surface area contributed by atoms with E-state index in [0.717, 1.165) is 16.9 Å². The fourth-order valence-corrected chi connectivity index (χ4v) is 1.62. The SMILES string of the molecule is Cc1cc(C#N)c2c(c1)OC[C@H]2N. The molecule has 0 amide bonds. The van der Waals surface area contributed by atoms with Gasteiger partial charge >= 0.3 is 0 Å². The van der Waals surface area contributed by atoms with Crippen LogP contribution < -0.4 is 10.5 Å². The Morgan fingerprint density at radius 3 is 3.08 bits per heavy atom. The van der Waals surface area contributed by atoms with Crippen LogP contribution in [0.25, 0.3) is 0 Å². The van der Waals surface area contributed by atoms with E-state index in [4.69, 9.17) is 15.7 Å². The van der Waals surface area contributed by atoms with Crippen LogP contribution in [0.5, 0.6) is 5.75 Å². The zero-order valence-corrected chi connectivity index (χ0v) is 7.37. The molecule has 0 saturated carbocycles. The molecular formula is C10H10N2O. The molecule has 3 heteroatoms. The molecule has 3 nitrogen and oxygen atoms in total. The van der Waals surface area contributed by atoms with Crippen molar-refractivity contribution in [3.8, 4) is 11.8 Å². The topological polar surface area (TPSA) is 59.0 Å². The summed E-state index contributed by atoms with van der Waals surface area (Å²) in [4.78, 5) is 0. The molecule has 0 radical (unpaired) electrons. The molecule has 0 bridgehead atoms. The molecule has 0 spiro atoms. The Hall–Kier alpha value is -1.53. The van der Waals surface area contributed by atoms with Crippen molar-refractivity contribution in [2.24, 2.45) is 5.73 Å². The summed E-state index contributed by atoms with van der Waals surface area (Å²) >= 11 is 0. The summed E-state index contributed by atoms with van der Waals surface area (Å²) in [5.74, 6) is 0.768. The Balaban J connectivity index is 2.66. The smallest absolute Gasteiger partial charge is 0.125 e. The largest absolute Gasteiger partial charge is 0.491 e. The minimum absolute atomic E-state index is 0.148. The summed E-state index contributed by atoms with van der Waals surface area (Å²) in [5.41, 5.74) is 8.32. The maximum absolute atomic E-state index is 8.88. The van der Waals surface area contributed by atoms with Crippen molar-refractivity contribution in [1.82, 2.24) is 0 Å². The summed E-state index contributed by atoms with van der Waals surface area (Å²) in [7, 11) is 0. The highest BCUT2D eigenvalue weighted by molar-refractivity contribution is 5.52. The molecule has 1 atom stereocenters. The first-order valence-electron chi connectivity index (χ1n) is 4.15. The van der Waals surface area contributed by atoms with Gasteiger partial charge in [-0.3, -0.25) is 0 Å². The van der Waals surface area contributed by atoms with E-state index in [1.165, 1.54) is 0 Å². The van der Waals surface area contributed by atoms with Gasteiger partial charge in [-0.15, -0.1) is 0 Å². The Bertz CT molecular complexity index is 393. The van der Waals surface area contributed by atoms with Gasteiger partial charge in [-0.05, 0) is 24.6 Å². The fourth-order valence-electron chi connectivity index (χ4n) is 1.62. The molecule has 1 aliphatic heterocycles. The highest BCUT2D eigenvalue weighted by atomic mass is 16.5. The zero-order chi connectivity index (χ0) is 9.42. The van der Waals surface area contributed by atoms with Gasteiger partial charge in [-0.1, -0.05) is 0 Å². The van der Waals surface area contributed by atoms with Gasteiger partial charge < -0.3 is 10.5 Å². The standard InChI is InChI=1S/C10H10N2O/c1-6-2-7(4-11)10-8(12)5-13-9(10)3-6/h2-3,8H,5,12H2,1H3/t8-/m1/s1. The number of nitrogens with zero attached hydrogens (tertiary/aromatic N) is 1. The average molecular weight is 174 g/mol. The van der Waals surface area contributed by atoms with Crippen LogP contribution in [0.2, 0.25) is 0 Å². The molecule has 0 fully saturated rings. The van der Waals surface area contributed by atoms with Gasteiger partial charge in [0.15, 0.2) is 0 Å². The van der Waals surface area contributed by atoms with E-state index in [1.54, 1.807) is 0 Å². The van der Waals surface area contributed by atoms with E-state index in [0.29, 0.717) is 12.2 Å². The van der Waals surface area contributed by atoms with Crippen LogP contribution >= 0.6 is 0 Å². The third kappa shape index (κ3) is 1.16. The maximum atomic E-state index is 8.88. The third-order valence-corrected chi connectivity index (χ3v) is 2.20. The van der Waals surface area contributed by atoms with E-state index in [2.05, 4.69) is 6.07 Å². The van der Waals surface area contributed by atoms with Gasteiger partial charge in [0.25, 0.3) is 0 Å². The number of hydrogen-bond acceptors (Lipinski definition) is 3. The van der Waals surface area contributed by atoms with Gasteiger partial charge in [-0.25, -0.2) is 0 Å². The van der Waals surface area contributed by atoms with Crippen LogP contribution in [0.3, 0.4) is 0 Å². The third-order valence-electron chi connectivity index (χ3n) is 2.20. The van der Waals surface area contributed by atoms with Crippen LogP contribution in [0.15, 0.2) is 12.1 Å². The first-order valence-corrected chi connectivity index (χ1v) is 4.15. The molecule has 1 aliphatic rings. The predicted molar refractivity (Wildman–Crippen MR) is 48.3 cm³/mol. The van der Waals surface area contributed by atoms with E-state index in [9.17, 15) is 0 Å². The Kier molecular flexibility index (Phi) is 1.71. The Morgan fingerprint density at radius 1 is 1.62 bits per heavy atom. The van der Waals surface area contributed by atoms with E-state index in [-0.39, 0.29) is 6.04 Å². The molecule has 0 saturated heterocycles. The van der Waals surface area contributed by atoms with Gasteiger partial charge in [0.2, 0.25) is 0 Å². The average Bonchev–Trinajstić information content (AvgIpc) is 2.46. The molecule has 1 aromatic carbocycles. The van der Waals surface area contributed by atoms with Crippen molar-refractivity contribution in [2.75, 3.05) is 6.61 Å². The Labute approximate surface area is 76.7 Å². The lowest BCUT2D eigenvalue weighted by Gasteiger charge is -2.04. The van der Waals surface area contributed by atoms with Crippen molar-refractivity contribution < 1.29 is 4.74 Å². The molecule has 2 rings (SSSR count). The second-order valence-corrected chi connectivity index (χ2v) is 3.25. The van der Waals surface area contributed by atoms with Crippen molar-refractivity contribution >= 4 is 0 Å². The monoisotopic (exact) mass is 174 g/mol. The van der Waals surface area contributed by atoms with Crippen molar-refractivity contribution in [1.29, 1.82) is 5.26 Å². The normalized spacial score (nSPS) is 19.0. The Morgan fingerprint density at radius 2 is 2.38 bits per heavy atom. The zero-order valence-electron chi connectivity index (χ0n) is 7.37. The molecule has 66 valence electrons. The lowest BCUT2D eigenvalue weighted by molar-refractivity contribution is 0.333. The van der Waals surface area contributed by atoms with E-state index >= 15 is 0 Å². The van der Waals surface area contributed by atoms with Crippen molar-refractivity contribution in [3.63, 3.8) is 0 Å². The molecule has 0 unspecified atom stereocenters. The quantitative estimate of drug-likeness (QED) is 0.644. The molecule has 2 N–H and O–H groups in total. The van der Waals surface area contributed by atoms with E-state index in [1.807, 2.05) is 19.1 Å². The van der Waals surface area contributed by atoms with Crippen LogP contribution in [-0.4, -0.2) is 6.61 Å². The predicted octanol–water partition coefficient (Wildman–Crippen LogP) is 1.26. The molecule has 13 heavy (non-hydrogen) atoms. The second-order valence-electron chi connectivity index (χ2n) is 3.25. The second kappa shape index (κ2) is 2.75. The molecule has 0 aliphatic carbocycles. The van der Waals surface area contributed by atoms with Gasteiger partial charge in [-0.2, -0.15) is 5.26 Å². The van der Waals surface area contributed by atoms with Crippen LogP contribution in [0.1, 0.15) is 22.7 Å². The summed E-state index contributed by atoms with van der Waals surface area (Å²) in [5, 5.41) is 8.88. The maximum Gasteiger partial charge on any atom is 0.125 e. The summed E-state index contributed by atoms with van der Waals surface area (Å²) < 4.78 is 5.36. The number of hydrogen-bond donors (Lipinski definition) is 1. The number of nitriles is 1. The number of ether oxygens (including phenoxy) is 1. The minimum atomic E-state index is -0.148. The molecular weight excluding hydrogens is 164 g/mol. The highest BCUT2D eigenvalue weighted by Gasteiger charge is 2.24. The van der Waals surface area contributed by atoms with Crippen molar-refractivity contribution in [2.45, 2.75) is 13.0 Å². The lowest BCUT2D eigenvalue weighted by atomic mass is 10.0. The van der Waals surface area contributed by atoms with Crippen LogP contribution in [0, 0.1) is 18.3 Å². The number of nitrogens with two attached hydrogens (primary N) is 1. The number of aryl methyl sites for hydroxylation is 1. The number of fused-ring (bicyclic) bond motifs is 1.